The summed E-state index contributed by atoms with van der Waals surface area (Å²) in [4.78, 5) is 25.3. The Labute approximate surface area is 170 Å². The number of halogens is 4. The lowest BCUT2D eigenvalue weighted by molar-refractivity contribution is -0.153. The van der Waals surface area contributed by atoms with E-state index in [2.05, 4.69) is 10.6 Å². The first-order chi connectivity index (χ1) is 13.6. The Kier molecular flexibility index (Phi) is 7.33. The third-order valence-electron chi connectivity index (χ3n) is 3.78. The summed E-state index contributed by atoms with van der Waals surface area (Å²) in [6, 6.07) is 10.00. The van der Waals surface area contributed by atoms with Gasteiger partial charge in [-0.2, -0.15) is 13.2 Å². The predicted molar refractivity (Wildman–Crippen MR) is 103 cm³/mol. The van der Waals surface area contributed by atoms with E-state index in [-0.39, 0.29) is 28.9 Å². The number of urea groups is 1. The number of nitrogens with one attached hydrogen (secondary N) is 2. The van der Waals surface area contributed by atoms with Crippen molar-refractivity contribution in [2.75, 3.05) is 26.0 Å². The quantitative estimate of drug-likeness (QED) is 0.719. The number of amides is 3. The SMILES string of the molecule is CNC(=O)c1ccc(CN(C)C(=O)Nc2cc(Cl)ccc2OCC(F)(F)F)cc1. The normalized spacial score (nSPS) is 11.0. The number of carbonyl (C=O) groups is 2. The molecule has 2 N–H and O–H groups in total. The summed E-state index contributed by atoms with van der Waals surface area (Å²) in [7, 11) is 3.04. The molecular weight excluding hydrogens is 411 g/mol. The standard InChI is InChI=1S/C19H19ClF3N3O3/c1-24-17(27)13-5-3-12(4-6-13)10-26(2)18(28)25-15-9-14(20)7-8-16(15)29-11-19(21,22)23/h3-9H,10-11H2,1-2H3,(H,24,27)(H,25,28). The summed E-state index contributed by atoms with van der Waals surface area (Å²) in [6.07, 6.45) is -4.52. The molecule has 0 atom stereocenters. The Morgan fingerprint density at radius 1 is 1.14 bits per heavy atom. The second-order valence-electron chi connectivity index (χ2n) is 6.11. The molecule has 0 radical (unpaired) electrons. The van der Waals surface area contributed by atoms with E-state index in [4.69, 9.17) is 16.3 Å². The van der Waals surface area contributed by atoms with Gasteiger partial charge < -0.3 is 20.3 Å². The Morgan fingerprint density at radius 2 is 1.79 bits per heavy atom. The first-order valence-corrected chi connectivity index (χ1v) is 8.79. The highest BCUT2D eigenvalue weighted by Crippen LogP contribution is 2.30. The molecule has 3 amide bonds. The van der Waals surface area contributed by atoms with E-state index in [0.717, 1.165) is 5.56 Å². The van der Waals surface area contributed by atoms with Crippen LogP contribution in [0.5, 0.6) is 5.75 Å². The Balaban J connectivity index is 2.05. The van der Waals surface area contributed by atoms with E-state index in [1.807, 2.05) is 0 Å². The van der Waals surface area contributed by atoms with Crippen LogP contribution in [-0.4, -0.2) is 43.7 Å². The Hall–Kier alpha value is -2.94. The van der Waals surface area contributed by atoms with Crippen LogP contribution in [0.1, 0.15) is 15.9 Å². The topological polar surface area (TPSA) is 70.7 Å². The summed E-state index contributed by atoms with van der Waals surface area (Å²) in [5.74, 6) is -0.376. The molecule has 2 rings (SSSR count). The summed E-state index contributed by atoms with van der Waals surface area (Å²) in [5, 5.41) is 5.23. The molecule has 0 bridgehead atoms. The van der Waals surface area contributed by atoms with E-state index in [0.29, 0.717) is 5.56 Å². The zero-order valence-corrected chi connectivity index (χ0v) is 16.4. The van der Waals surface area contributed by atoms with Gasteiger partial charge in [-0.05, 0) is 35.9 Å². The molecule has 10 heteroatoms. The molecule has 0 saturated heterocycles. The van der Waals surface area contributed by atoms with Crippen LogP contribution in [-0.2, 0) is 6.54 Å². The maximum absolute atomic E-state index is 12.4. The second kappa shape index (κ2) is 9.51. The number of benzene rings is 2. The maximum atomic E-state index is 12.4. The largest absolute Gasteiger partial charge is 0.482 e. The van der Waals surface area contributed by atoms with E-state index in [1.54, 1.807) is 24.3 Å². The van der Waals surface area contributed by atoms with Crippen molar-refractivity contribution in [3.63, 3.8) is 0 Å². The lowest BCUT2D eigenvalue weighted by Crippen LogP contribution is -2.31. The van der Waals surface area contributed by atoms with Crippen LogP contribution in [0, 0.1) is 0 Å². The van der Waals surface area contributed by atoms with Gasteiger partial charge in [-0.1, -0.05) is 23.7 Å². The van der Waals surface area contributed by atoms with Gasteiger partial charge >= 0.3 is 12.2 Å². The number of hydrogen-bond donors (Lipinski definition) is 2. The number of nitrogens with zero attached hydrogens (tertiary/aromatic N) is 1. The van der Waals surface area contributed by atoms with Crippen LogP contribution in [0.15, 0.2) is 42.5 Å². The fourth-order valence-electron chi connectivity index (χ4n) is 2.35. The molecule has 156 valence electrons. The van der Waals surface area contributed by atoms with Crippen LogP contribution in [0.3, 0.4) is 0 Å². The lowest BCUT2D eigenvalue weighted by Gasteiger charge is -2.20. The van der Waals surface area contributed by atoms with Crippen LogP contribution in [0.4, 0.5) is 23.7 Å². The fraction of sp³-hybridized carbons (Fsp3) is 0.263. The predicted octanol–water partition coefficient (Wildman–Crippen LogP) is 4.30. The van der Waals surface area contributed by atoms with Crippen LogP contribution < -0.4 is 15.4 Å². The fourth-order valence-corrected chi connectivity index (χ4v) is 2.52. The van der Waals surface area contributed by atoms with Gasteiger partial charge in [-0.15, -0.1) is 0 Å². The van der Waals surface area contributed by atoms with Gasteiger partial charge in [-0.25, -0.2) is 4.79 Å². The van der Waals surface area contributed by atoms with Crippen LogP contribution in [0.25, 0.3) is 0 Å². The molecule has 0 unspecified atom stereocenters. The van der Waals surface area contributed by atoms with E-state index in [9.17, 15) is 22.8 Å². The number of ether oxygens (including phenoxy) is 1. The average molecular weight is 430 g/mol. The van der Waals surface area contributed by atoms with Crippen molar-refractivity contribution in [2.45, 2.75) is 12.7 Å². The molecule has 29 heavy (non-hydrogen) atoms. The molecule has 0 spiro atoms. The summed E-state index contributed by atoms with van der Waals surface area (Å²) < 4.78 is 42.0. The zero-order chi connectivity index (χ0) is 21.6. The third-order valence-corrected chi connectivity index (χ3v) is 4.02. The minimum Gasteiger partial charge on any atom is -0.482 e. The Bertz CT molecular complexity index is 873. The summed E-state index contributed by atoms with van der Waals surface area (Å²) in [6.45, 7) is -1.29. The molecule has 0 aliphatic carbocycles. The van der Waals surface area contributed by atoms with Gasteiger partial charge in [0.2, 0.25) is 0 Å². The average Bonchev–Trinajstić information content (AvgIpc) is 2.66. The number of anilines is 1. The van der Waals surface area contributed by atoms with Crippen molar-refractivity contribution in [1.29, 1.82) is 0 Å². The van der Waals surface area contributed by atoms with Crippen LogP contribution >= 0.6 is 11.6 Å². The molecule has 6 nitrogen and oxygen atoms in total. The van der Waals surface area contributed by atoms with Crippen molar-refractivity contribution < 1.29 is 27.5 Å². The molecule has 0 aliphatic heterocycles. The zero-order valence-electron chi connectivity index (χ0n) is 15.6. The summed E-state index contributed by atoms with van der Waals surface area (Å²) in [5.41, 5.74) is 1.26. The maximum Gasteiger partial charge on any atom is 0.422 e. The number of rotatable bonds is 6. The molecule has 0 saturated carbocycles. The first kappa shape index (κ1) is 22.4. The molecular formula is C19H19ClF3N3O3. The minimum atomic E-state index is -4.52. The highest BCUT2D eigenvalue weighted by Gasteiger charge is 2.29. The van der Waals surface area contributed by atoms with Crippen molar-refractivity contribution in [2.24, 2.45) is 0 Å². The van der Waals surface area contributed by atoms with Crippen molar-refractivity contribution >= 4 is 29.2 Å². The molecule has 0 aliphatic rings. The molecule has 0 heterocycles. The minimum absolute atomic E-state index is 0.0218. The monoisotopic (exact) mass is 429 g/mol. The van der Waals surface area contributed by atoms with Crippen molar-refractivity contribution in [3.8, 4) is 5.75 Å². The van der Waals surface area contributed by atoms with Crippen molar-refractivity contribution in [1.82, 2.24) is 10.2 Å². The lowest BCUT2D eigenvalue weighted by atomic mass is 10.1. The van der Waals surface area contributed by atoms with Crippen LogP contribution in [0.2, 0.25) is 5.02 Å². The Morgan fingerprint density at radius 3 is 2.38 bits per heavy atom. The number of carbonyl (C=O) groups excluding carboxylic acids is 2. The van der Waals surface area contributed by atoms with Gasteiger partial charge in [0.1, 0.15) is 5.75 Å². The van der Waals surface area contributed by atoms with Gasteiger partial charge in [0, 0.05) is 31.2 Å². The highest BCUT2D eigenvalue weighted by atomic mass is 35.5. The van der Waals surface area contributed by atoms with Gasteiger partial charge in [0.05, 0.1) is 5.69 Å². The second-order valence-corrected chi connectivity index (χ2v) is 6.54. The number of alkyl halides is 3. The molecule has 2 aromatic carbocycles. The van der Waals surface area contributed by atoms with E-state index >= 15 is 0 Å². The molecule has 0 aromatic heterocycles. The van der Waals surface area contributed by atoms with Gasteiger partial charge in [0.15, 0.2) is 6.61 Å². The first-order valence-electron chi connectivity index (χ1n) is 8.41. The third kappa shape index (κ3) is 6.86. The highest BCUT2D eigenvalue weighted by molar-refractivity contribution is 6.31. The molecule has 2 aromatic rings. The van der Waals surface area contributed by atoms with Gasteiger partial charge in [-0.3, -0.25) is 4.79 Å². The van der Waals surface area contributed by atoms with Crippen molar-refractivity contribution in [3.05, 3.63) is 58.6 Å². The van der Waals surface area contributed by atoms with E-state index < -0.39 is 18.8 Å². The smallest absolute Gasteiger partial charge is 0.422 e. The number of hydrogen-bond acceptors (Lipinski definition) is 3. The van der Waals surface area contributed by atoms with Gasteiger partial charge in [0.25, 0.3) is 5.91 Å². The van der Waals surface area contributed by atoms with E-state index in [1.165, 1.54) is 37.2 Å². The summed E-state index contributed by atoms with van der Waals surface area (Å²) >= 11 is 5.88. The molecule has 0 fully saturated rings.